The van der Waals surface area contributed by atoms with Gasteiger partial charge in [0.25, 0.3) is 0 Å². The van der Waals surface area contributed by atoms with Crippen molar-refractivity contribution in [1.82, 2.24) is 4.98 Å². The first kappa shape index (κ1) is 16.8. The lowest BCUT2D eigenvalue weighted by molar-refractivity contribution is -0.538. The lowest BCUT2D eigenvalue weighted by Crippen LogP contribution is -2.33. The number of benzene rings is 3. The summed E-state index contributed by atoms with van der Waals surface area (Å²) in [5, 5.41) is 11.6. The molecule has 134 valence electrons. The first-order valence-electron chi connectivity index (χ1n) is 8.55. The molecule has 0 unspecified atom stereocenters. The highest BCUT2D eigenvalue weighted by Crippen LogP contribution is 2.26. The molecule has 0 aliphatic rings. The first-order chi connectivity index (χ1) is 12.9. The fourth-order valence-electron chi connectivity index (χ4n) is 3.28. The van der Waals surface area contributed by atoms with Crippen LogP contribution >= 0.6 is 0 Å². The van der Waals surface area contributed by atoms with E-state index in [0.717, 1.165) is 38.9 Å². The van der Waals surface area contributed by atoms with Crippen LogP contribution in [0.2, 0.25) is 0 Å². The first-order valence-corrected chi connectivity index (χ1v) is 8.55. The summed E-state index contributed by atoms with van der Waals surface area (Å²) in [6.07, 6.45) is -1.10. The van der Waals surface area contributed by atoms with E-state index in [1.54, 1.807) is 0 Å². The molecule has 4 N–H and O–H groups in total. The third kappa shape index (κ3) is 2.91. The van der Waals surface area contributed by atoms with E-state index in [0.29, 0.717) is 11.4 Å². The topological polar surface area (TPSA) is 92.1 Å². The van der Waals surface area contributed by atoms with Crippen molar-refractivity contribution < 1.29 is 14.5 Å². The second kappa shape index (κ2) is 6.25. The van der Waals surface area contributed by atoms with Gasteiger partial charge in [-0.15, -0.1) is 4.57 Å². The summed E-state index contributed by atoms with van der Waals surface area (Å²) >= 11 is 0. The van der Waals surface area contributed by atoms with Crippen molar-refractivity contribution in [2.24, 2.45) is 0 Å². The molecule has 0 bridgehead atoms. The summed E-state index contributed by atoms with van der Waals surface area (Å²) in [6.45, 7) is 3.82. The van der Waals surface area contributed by atoms with Crippen LogP contribution < -0.4 is 15.6 Å². The largest absolute Gasteiger partial charge is 0.465 e. The van der Waals surface area contributed by atoms with Gasteiger partial charge in [-0.05, 0) is 37.1 Å². The minimum absolute atomic E-state index is 0.529. The molecule has 0 saturated carbocycles. The van der Waals surface area contributed by atoms with E-state index < -0.39 is 6.09 Å². The zero-order chi connectivity index (χ0) is 19.1. The zero-order valence-electron chi connectivity index (χ0n) is 15.0. The molecule has 4 aromatic rings. The van der Waals surface area contributed by atoms with E-state index in [2.05, 4.69) is 9.88 Å². The molecule has 0 spiro atoms. The Morgan fingerprint density at radius 2 is 1.63 bits per heavy atom. The van der Waals surface area contributed by atoms with Crippen LogP contribution in [0.3, 0.4) is 0 Å². The van der Waals surface area contributed by atoms with Gasteiger partial charge in [0.05, 0.1) is 5.69 Å². The molecule has 6 nitrogen and oxygen atoms in total. The van der Waals surface area contributed by atoms with Gasteiger partial charge in [0.2, 0.25) is 16.7 Å². The Morgan fingerprint density at radius 3 is 2.30 bits per heavy atom. The summed E-state index contributed by atoms with van der Waals surface area (Å²) in [4.78, 5) is 16.0. The standard InChI is InChI=1S/C21H18N4O2/c1-12-8-17-19(10-15(12)22)25(14-6-4-3-5-7-14)20-11-16(24-21(26)27)13(2)9-18(20)23-17/h3-11H,1-2H3,(H3,22,24,26,27)/p+1. The van der Waals surface area contributed by atoms with Crippen molar-refractivity contribution in [3.8, 4) is 5.69 Å². The van der Waals surface area contributed by atoms with Crippen LogP contribution in [-0.4, -0.2) is 16.2 Å². The van der Waals surface area contributed by atoms with Crippen molar-refractivity contribution in [1.29, 1.82) is 0 Å². The minimum Gasteiger partial charge on any atom is -0.465 e. The van der Waals surface area contributed by atoms with Crippen LogP contribution in [0.1, 0.15) is 11.1 Å². The molecule has 0 aliphatic heterocycles. The Labute approximate surface area is 155 Å². The lowest BCUT2D eigenvalue weighted by atomic mass is 10.1. The summed E-state index contributed by atoms with van der Waals surface area (Å²) in [5.41, 5.74) is 13.4. The predicted molar refractivity (Wildman–Crippen MR) is 106 cm³/mol. The van der Waals surface area contributed by atoms with Crippen LogP contribution in [0.25, 0.3) is 27.8 Å². The second-order valence-corrected chi connectivity index (χ2v) is 6.57. The van der Waals surface area contributed by atoms with E-state index in [-0.39, 0.29) is 0 Å². The summed E-state index contributed by atoms with van der Waals surface area (Å²) < 4.78 is 2.06. The third-order valence-electron chi connectivity index (χ3n) is 4.66. The molecule has 1 amide bonds. The number of carboxylic acid groups (broad SMARTS) is 1. The monoisotopic (exact) mass is 359 g/mol. The Balaban J connectivity index is 2.17. The van der Waals surface area contributed by atoms with Crippen molar-refractivity contribution in [3.05, 3.63) is 65.7 Å². The van der Waals surface area contributed by atoms with Gasteiger partial charge in [-0.25, -0.2) is 9.78 Å². The van der Waals surface area contributed by atoms with Crippen molar-refractivity contribution in [2.75, 3.05) is 11.1 Å². The van der Waals surface area contributed by atoms with Gasteiger partial charge in [-0.3, -0.25) is 5.32 Å². The van der Waals surface area contributed by atoms with Gasteiger partial charge < -0.3 is 10.8 Å². The Bertz CT molecular complexity index is 1200. The number of para-hydroxylation sites is 1. The number of hydrogen-bond acceptors (Lipinski definition) is 3. The van der Waals surface area contributed by atoms with Gasteiger partial charge in [-0.1, -0.05) is 18.2 Å². The molecular formula is C21H19N4O2+. The van der Waals surface area contributed by atoms with Crippen LogP contribution in [0.5, 0.6) is 0 Å². The fraction of sp³-hybridized carbons (Fsp3) is 0.0952. The normalized spacial score (nSPS) is 11.0. The minimum atomic E-state index is -1.10. The molecule has 0 saturated heterocycles. The van der Waals surface area contributed by atoms with Crippen molar-refractivity contribution in [2.45, 2.75) is 13.8 Å². The number of aryl methyl sites for hydroxylation is 2. The van der Waals surface area contributed by atoms with Gasteiger partial charge in [0.15, 0.2) is 0 Å². The van der Waals surface area contributed by atoms with Crippen LogP contribution in [0, 0.1) is 13.8 Å². The number of amides is 1. The Hall–Kier alpha value is -3.67. The van der Waals surface area contributed by atoms with Gasteiger partial charge in [-0.2, -0.15) is 0 Å². The van der Waals surface area contributed by atoms with Gasteiger partial charge >= 0.3 is 6.09 Å². The van der Waals surface area contributed by atoms with Gasteiger partial charge in [0.1, 0.15) is 11.0 Å². The average Bonchev–Trinajstić information content (AvgIpc) is 2.62. The third-order valence-corrected chi connectivity index (χ3v) is 4.66. The number of nitrogens with one attached hydrogen (secondary N) is 1. The highest BCUT2D eigenvalue weighted by atomic mass is 16.4. The zero-order valence-corrected chi connectivity index (χ0v) is 15.0. The van der Waals surface area contributed by atoms with E-state index in [1.807, 2.05) is 68.4 Å². The Morgan fingerprint density at radius 1 is 1.00 bits per heavy atom. The number of nitrogen functional groups attached to an aromatic ring is 1. The van der Waals surface area contributed by atoms with E-state index >= 15 is 0 Å². The Kier molecular flexibility index (Phi) is 3.88. The number of hydrogen-bond donors (Lipinski definition) is 3. The van der Waals surface area contributed by atoms with E-state index in [9.17, 15) is 4.79 Å². The summed E-state index contributed by atoms with van der Waals surface area (Å²) in [6, 6.07) is 17.5. The molecule has 1 aromatic heterocycles. The highest BCUT2D eigenvalue weighted by molar-refractivity contribution is 5.91. The summed E-state index contributed by atoms with van der Waals surface area (Å²) in [5.74, 6) is 0. The molecule has 4 rings (SSSR count). The van der Waals surface area contributed by atoms with Crippen molar-refractivity contribution in [3.63, 3.8) is 0 Å². The quantitative estimate of drug-likeness (QED) is 0.287. The number of nitrogens with two attached hydrogens (primary N) is 1. The van der Waals surface area contributed by atoms with Gasteiger partial charge in [0, 0.05) is 30.0 Å². The molecule has 3 aromatic carbocycles. The number of carbonyl (C=O) groups is 1. The molecule has 0 radical (unpaired) electrons. The molecular weight excluding hydrogens is 340 g/mol. The number of nitrogens with zero attached hydrogens (tertiary/aromatic N) is 2. The molecule has 6 heteroatoms. The number of rotatable bonds is 2. The number of anilines is 2. The van der Waals surface area contributed by atoms with Crippen LogP contribution in [0.4, 0.5) is 16.2 Å². The number of aromatic nitrogens is 2. The second-order valence-electron chi connectivity index (χ2n) is 6.57. The maximum Gasteiger partial charge on any atom is 0.409 e. The SMILES string of the molecule is Cc1cc2nc3cc(C)c(NC(=O)O)cc3[n+](-c3ccccc3)c2cc1N. The molecule has 0 fully saturated rings. The average molecular weight is 359 g/mol. The molecule has 1 heterocycles. The smallest absolute Gasteiger partial charge is 0.409 e. The maximum absolute atomic E-state index is 11.2. The maximum atomic E-state index is 11.2. The molecule has 0 aliphatic carbocycles. The van der Waals surface area contributed by atoms with E-state index in [4.69, 9.17) is 15.8 Å². The predicted octanol–water partition coefficient (Wildman–Crippen LogP) is 3.95. The fourth-order valence-corrected chi connectivity index (χ4v) is 3.28. The highest BCUT2D eigenvalue weighted by Gasteiger charge is 2.22. The summed E-state index contributed by atoms with van der Waals surface area (Å²) in [7, 11) is 0. The molecule has 0 atom stereocenters. The number of fused-ring (bicyclic) bond motifs is 2. The van der Waals surface area contributed by atoms with Crippen molar-refractivity contribution >= 4 is 39.5 Å². The van der Waals surface area contributed by atoms with Crippen LogP contribution in [0.15, 0.2) is 54.6 Å². The van der Waals surface area contributed by atoms with Crippen LogP contribution in [-0.2, 0) is 0 Å². The lowest BCUT2D eigenvalue weighted by Gasteiger charge is -2.10. The van der Waals surface area contributed by atoms with E-state index in [1.165, 1.54) is 0 Å². The molecule has 27 heavy (non-hydrogen) atoms.